The number of para-hydroxylation sites is 1. The number of amides is 1. The van der Waals surface area contributed by atoms with E-state index in [0.29, 0.717) is 11.4 Å². The number of carbonyl (C=O) groups is 1. The lowest BCUT2D eigenvalue weighted by molar-refractivity contribution is -0.114. The zero-order chi connectivity index (χ0) is 20.9. The quantitative estimate of drug-likeness (QED) is 0.644. The molecule has 1 heterocycles. The van der Waals surface area contributed by atoms with Crippen molar-refractivity contribution in [1.29, 1.82) is 0 Å². The SMILES string of the molecule is CCc1ccccc1NC(=O)CN(c1ccc(C)cc1)S(=O)(=O)c1cccnc1. The average molecular weight is 410 g/mol. The van der Waals surface area contributed by atoms with Crippen molar-refractivity contribution in [2.75, 3.05) is 16.2 Å². The predicted octanol–water partition coefficient (Wildman–Crippen LogP) is 3.79. The molecule has 0 aliphatic rings. The van der Waals surface area contributed by atoms with Crippen molar-refractivity contribution in [1.82, 2.24) is 4.98 Å². The minimum absolute atomic E-state index is 0.0299. The summed E-state index contributed by atoms with van der Waals surface area (Å²) in [6, 6.07) is 17.5. The van der Waals surface area contributed by atoms with E-state index < -0.39 is 15.9 Å². The molecule has 3 rings (SSSR count). The van der Waals surface area contributed by atoms with E-state index in [2.05, 4.69) is 10.3 Å². The number of nitrogens with one attached hydrogen (secondary N) is 1. The third-order valence-corrected chi connectivity index (χ3v) is 6.26. The molecule has 7 heteroatoms. The van der Waals surface area contributed by atoms with Crippen LogP contribution in [-0.2, 0) is 21.2 Å². The van der Waals surface area contributed by atoms with E-state index in [-0.39, 0.29) is 11.4 Å². The van der Waals surface area contributed by atoms with Crippen LogP contribution in [0.3, 0.4) is 0 Å². The molecule has 1 aromatic heterocycles. The fourth-order valence-corrected chi connectivity index (χ4v) is 4.31. The molecule has 0 spiro atoms. The fraction of sp³-hybridized carbons (Fsp3) is 0.182. The monoisotopic (exact) mass is 409 g/mol. The summed E-state index contributed by atoms with van der Waals surface area (Å²) in [7, 11) is -3.96. The summed E-state index contributed by atoms with van der Waals surface area (Å²) in [4.78, 5) is 16.7. The van der Waals surface area contributed by atoms with Gasteiger partial charge in [-0.25, -0.2) is 8.42 Å². The molecular weight excluding hydrogens is 386 g/mol. The molecule has 1 amide bonds. The summed E-state index contributed by atoms with van der Waals surface area (Å²) >= 11 is 0. The van der Waals surface area contributed by atoms with Crippen LogP contribution in [0.4, 0.5) is 11.4 Å². The van der Waals surface area contributed by atoms with Gasteiger partial charge >= 0.3 is 0 Å². The van der Waals surface area contributed by atoms with E-state index in [1.165, 1.54) is 18.5 Å². The second kappa shape index (κ2) is 8.87. The zero-order valence-corrected chi connectivity index (χ0v) is 17.2. The Balaban J connectivity index is 1.93. The minimum atomic E-state index is -3.96. The van der Waals surface area contributed by atoms with Crippen molar-refractivity contribution >= 4 is 27.3 Å². The van der Waals surface area contributed by atoms with Crippen LogP contribution in [-0.4, -0.2) is 25.9 Å². The second-order valence-electron chi connectivity index (χ2n) is 6.59. The highest BCUT2D eigenvalue weighted by Gasteiger charge is 2.27. The molecule has 29 heavy (non-hydrogen) atoms. The van der Waals surface area contributed by atoms with Gasteiger partial charge in [0.25, 0.3) is 10.0 Å². The summed E-state index contributed by atoms with van der Waals surface area (Å²) in [5.41, 5.74) is 3.08. The first-order valence-electron chi connectivity index (χ1n) is 9.29. The van der Waals surface area contributed by atoms with Gasteiger partial charge in [-0.1, -0.05) is 42.8 Å². The summed E-state index contributed by atoms with van der Waals surface area (Å²) < 4.78 is 27.6. The molecule has 0 saturated heterocycles. The van der Waals surface area contributed by atoms with Gasteiger partial charge in [0, 0.05) is 18.1 Å². The van der Waals surface area contributed by atoms with Gasteiger partial charge in [-0.3, -0.25) is 14.1 Å². The summed E-state index contributed by atoms with van der Waals surface area (Å²) in [5.74, 6) is -0.418. The lowest BCUT2D eigenvalue weighted by atomic mass is 10.1. The van der Waals surface area contributed by atoms with Crippen LogP contribution < -0.4 is 9.62 Å². The van der Waals surface area contributed by atoms with E-state index in [1.54, 1.807) is 18.2 Å². The highest BCUT2D eigenvalue weighted by molar-refractivity contribution is 7.92. The third kappa shape index (κ3) is 4.81. The minimum Gasteiger partial charge on any atom is -0.324 e. The molecular formula is C22H23N3O3S. The maximum absolute atomic E-state index is 13.2. The molecule has 6 nitrogen and oxygen atoms in total. The van der Waals surface area contributed by atoms with E-state index in [0.717, 1.165) is 21.9 Å². The van der Waals surface area contributed by atoms with Crippen molar-refractivity contribution in [2.24, 2.45) is 0 Å². The maximum atomic E-state index is 13.2. The van der Waals surface area contributed by atoms with Crippen molar-refractivity contribution < 1.29 is 13.2 Å². The molecule has 0 atom stereocenters. The number of carbonyl (C=O) groups excluding carboxylic acids is 1. The highest BCUT2D eigenvalue weighted by atomic mass is 32.2. The molecule has 0 radical (unpaired) electrons. The standard InChI is InChI=1S/C22H23N3O3S/c1-3-18-7-4-5-9-21(18)24-22(26)16-25(19-12-10-17(2)11-13-19)29(27,28)20-8-6-14-23-15-20/h4-15H,3,16H2,1-2H3,(H,24,26). The predicted molar refractivity (Wildman–Crippen MR) is 114 cm³/mol. The Labute approximate surface area is 171 Å². The van der Waals surface area contributed by atoms with E-state index in [1.807, 2.05) is 50.2 Å². The normalized spacial score (nSPS) is 11.1. The topological polar surface area (TPSA) is 79.4 Å². The maximum Gasteiger partial charge on any atom is 0.266 e. The van der Waals surface area contributed by atoms with E-state index in [9.17, 15) is 13.2 Å². The second-order valence-corrected chi connectivity index (χ2v) is 8.46. The largest absolute Gasteiger partial charge is 0.324 e. The zero-order valence-electron chi connectivity index (χ0n) is 16.4. The molecule has 2 aromatic carbocycles. The Hall–Kier alpha value is -3.19. The Morgan fingerprint density at radius 2 is 1.76 bits per heavy atom. The van der Waals surface area contributed by atoms with Crippen LogP contribution in [0.5, 0.6) is 0 Å². The van der Waals surface area contributed by atoms with Crippen molar-refractivity contribution in [3.8, 4) is 0 Å². The van der Waals surface area contributed by atoms with Gasteiger partial charge in [-0.15, -0.1) is 0 Å². The molecule has 0 saturated carbocycles. The molecule has 0 unspecified atom stereocenters. The first kappa shape index (κ1) is 20.5. The van der Waals surface area contributed by atoms with E-state index in [4.69, 9.17) is 0 Å². The van der Waals surface area contributed by atoms with Gasteiger partial charge in [0.1, 0.15) is 11.4 Å². The Bertz CT molecular complexity index is 1080. The highest BCUT2D eigenvalue weighted by Crippen LogP contribution is 2.24. The van der Waals surface area contributed by atoms with E-state index >= 15 is 0 Å². The van der Waals surface area contributed by atoms with Gasteiger partial charge in [-0.2, -0.15) is 0 Å². The number of aryl methyl sites for hydroxylation is 2. The Morgan fingerprint density at radius 1 is 1.03 bits per heavy atom. The first-order valence-corrected chi connectivity index (χ1v) is 10.7. The first-order chi connectivity index (χ1) is 13.9. The molecule has 150 valence electrons. The van der Waals surface area contributed by atoms with Crippen molar-refractivity contribution in [3.63, 3.8) is 0 Å². The summed E-state index contributed by atoms with van der Waals surface area (Å²) in [6.45, 7) is 3.56. The van der Waals surface area contributed by atoms with Gasteiger partial charge in [-0.05, 0) is 49.2 Å². The Morgan fingerprint density at radius 3 is 2.41 bits per heavy atom. The number of hydrogen-bond acceptors (Lipinski definition) is 4. The van der Waals surface area contributed by atoms with Crippen LogP contribution in [0, 0.1) is 6.92 Å². The van der Waals surface area contributed by atoms with Crippen LogP contribution in [0.2, 0.25) is 0 Å². The van der Waals surface area contributed by atoms with Crippen molar-refractivity contribution in [2.45, 2.75) is 25.2 Å². The molecule has 0 fully saturated rings. The number of anilines is 2. The number of rotatable bonds is 7. The van der Waals surface area contributed by atoms with Gasteiger partial charge in [0.05, 0.1) is 5.69 Å². The lowest BCUT2D eigenvalue weighted by Gasteiger charge is -2.24. The molecule has 0 bridgehead atoms. The van der Waals surface area contributed by atoms with Crippen LogP contribution in [0.25, 0.3) is 0 Å². The average Bonchev–Trinajstić information content (AvgIpc) is 2.74. The number of hydrogen-bond donors (Lipinski definition) is 1. The summed E-state index contributed by atoms with van der Waals surface area (Å²) in [5, 5.41) is 2.84. The molecule has 3 aromatic rings. The van der Waals surface area contributed by atoms with Crippen LogP contribution in [0.1, 0.15) is 18.1 Å². The lowest BCUT2D eigenvalue weighted by Crippen LogP contribution is -2.38. The molecule has 1 N–H and O–H groups in total. The number of benzene rings is 2. The number of sulfonamides is 1. The van der Waals surface area contributed by atoms with Crippen LogP contribution in [0.15, 0.2) is 78.0 Å². The van der Waals surface area contributed by atoms with Gasteiger partial charge < -0.3 is 5.32 Å². The van der Waals surface area contributed by atoms with Crippen molar-refractivity contribution in [3.05, 3.63) is 84.2 Å². The smallest absolute Gasteiger partial charge is 0.266 e. The molecule has 0 aliphatic carbocycles. The van der Waals surface area contributed by atoms with Gasteiger partial charge in [0.15, 0.2) is 0 Å². The summed E-state index contributed by atoms with van der Waals surface area (Å²) in [6.07, 6.45) is 3.54. The van der Waals surface area contributed by atoms with Gasteiger partial charge in [0.2, 0.25) is 5.91 Å². The third-order valence-electron chi connectivity index (χ3n) is 4.50. The Kier molecular flexibility index (Phi) is 6.29. The molecule has 0 aliphatic heterocycles. The number of nitrogens with zero attached hydrogens (tertiary/aromatic N) is 2. The number of pyridine rings is 1. The van der Waals surface area contributed by atoms with Crippen LogP contribution >= 0.6 is 0 Å². The number of aromatic nitrogens is 1. The fourth-order valence-electron chi connectivity index (χ4n) is 2.92.